The van der Waals surface area contributed by atoms with Gasteiger partial charge in [0, 0.05) is 21.7 Å². The molecule has 6 heteroatoms. The summed E-state index contributed by atoms with van der Waals surface area (Å²) in [7, 11) is 0. The third kappa shape index (κ3) is 3.79. The van der Waals surface area contributed by atoms with Crippen LogP contribution in [-0.2, 0) is 0 Å². The van der Waals surface area contributed by atoms with E-state index in [0.717, 1.165) is 21.1 Å². The number of rotatable bonds is 4. The second kappa shape index (κ2) is 7.89. The van der Waals surface area contributed by atoms with Crippen molar-refractivity contribution in [3.8, 4) is 17.6 Å². The molecule has 0 atom stereocenters. The monoisotopic (exact) mass is 449 g/mol. The first-order valence-electron chi connectivity index (χ1n) is 8.42. The predicted molar refractivity (Wildman–Crippen MR) is 115 cm³/mol. The van der Waals surface area contributed by atoms with Crippen molar-refractivity contribution >= 4 is 49.8 Å². The number of nitrogens with zero attached hydrogens (tertiary/aromatic N) is 2. The van der Waals surface area contributed by atoms with Crippen molar-refractivity contribution in [3.05, 3.63) is 88.0 Å². The molecule has 3 aromatic carbocycles. The highest BCUT2D eigenvalue weighted by Gasteiger charge is 2.11. The minimum atomic E-state index is 0.454. The summed E-state index contributed by atoms with van der Waals surface area (Å²) in [5.41, 5.74) is 2.67. The Morgan fingerprint density at radius 1 is 1.04 bits per heavy atom. The first-order chi connectivity index (χ1) is 13.6. The van der Waals surface area contributed by atoms with E-state index >= 15 is 0 Å². The fourth-order valence-electron chi connectivity index (χ4n) is 2.81. The second-order valence-corrected chi connectivity index (χ2v) is 7.33. The Morgan fingerprint density at radius 3 is 2.61 bits per heavy atom. The molecule has 4 aromatic rings. The number of ether oxygens (including phenoxy) is 1. The number of hydrogen-bond donors (Lipinski definition) is 1. The van der Waals surface area contributed by atoms with Crippen LogP contribution in [0.2, 0.25) is 5.02 Å². The van der Waals surface area contributed by atoms with E-state index in [1.54, 1.807) is 18.3 Å². The Kier molecular flexibility index (Phi) is 5.16. The summed E-state index contributed by atoms with van der Waals surface area (Å²) in [6.45, 7) is 0. The van der Waals surface area contributed by atoms with Crippen molar-refractivity contribution in [2.45, 2.75) is 0 Å². The molecule has 0 fully saturated rings. The van der Waals surface area contributed by atoms with Crippen molar-refractivity contribution in [3.63, 3.8) is 0 Å². The Balaban J connectivity index is 1.68. The molecule has 4 nitrogen and oxygen atoms in total. The predicted octanol–water partition coefficient (Wildman–Crippen LogP) is 7.06. The third-order valence-corrected chi connectivity index (χ3v) is 4.91. The SMILES string of the molecule is N#Cc1cnc2cc(Br)ccc2c1Nc1ccc(Oc2ccccc2)c(Cl)c1. The molecule has 136 valence electrons. The van der Waals surface area contributed by atoms with Crippen LogP contribution in [0.5, 0.6) is 11.5 Å². The van der Waals surface area contributed by atoms with Gasteiger partial charge in [-0.1, -0.05) is 45.7 Å². The molecule has 0 aliphatic carbocycles. The minimum Gasteiger partial charge on any atom is -0.456 e. The summed E-state index contributed by atoms with van der Waals surface area (Å²) in [5.74, 6) is 1.27. The number of nitrogens with one attached hydrogen (secondary N) is 1. The van der Waals surface area contributed by atoms with Crippen LogP contribution >= 0.6 is 27.5 Å². The molecule has 1 heterocycles. The molecule has 0 spiro atoms. The van der Waals surface area contributed by atoms with Crippen molar-refractivity contribution in [1.82, 2.24) is 4.98 Å². The zero-order valence-electron chi connectivity index (χ0n) is 14.5. The standard InChI is InChI=1S/C22H13BrClN3O/c23-15-6-8-18-20(10-15)26-13-14(12-25)22(18)27-16-7-9-21(19(24)11-16)28-17-4-2-1-3-5-17/h1-11,13H,(H,26,27). The highest BCUT2D eigenvalue weighted by atomic mass is 79.9. The van der Waals surface area contributed by atoms with Gasteiger partial charge in [-0.05, 0) is 48.5 Å². The van der Waals surface area contributed by atoms with Crippen LogP contribution in [0.4, 0.5) is 11.4 Å². The summed E-state index contributed by atoms with van der Waals surface area (Å²) in [6, 6.07) is 22.8. The molecular weight excluding hydrogens is 438 g/mol. The van der Waals surface area contributed by atoms with Gasteiger partial charge in [-0.3, -0.25) is 4.98 Å². The lowest BCUT2D eigenvalue weighted by Gasteiger charge is -2.13. The number of benzene rings is 3. The molecule has 0 unspecified atom stereocenters. The van der Waals surface area contributed by atoms with E-state index in [-0.39, 0.29) is 0 Å². The van der Waals surface area contributed by atoms with Gasteiger partial charge in [0.15, 0.2) is 0 Å². The number of para-hydroxylation sites is 1. The molecular formula is C22H13BrClN3O. The van der Waals surface area contributed by atoms with Crippen LogP contribution in [0, 0.1) is 11.3 Å². The van der Waals surface area contributed by atoms with Crippen molar-refractivity contribution in [2.75, 3.05) is 5.32 Å². The van der Waals surface area contributed by atoms with Gasteiger partial charge in [0.25, 0.3) is 0 Å². The molecule has 0 aliphatic heterocycles. The Morgan fingerprint density at radius 2 is 1.86 bits per heavy atom. The number of anilines is 2. The normalized spacial score (nSPS) is 10.5. The molecule has 4 rings (SSSR count). The topological polar surface area (TPSA) is 57.9 Å². The Bertz CT molecular complexity index is 1210. The molecule has 0 saturated carbocycles. The van der Waals surface area contributed by atoms with E-state index in [1.807, 2.05) is 54.6 Å². The maximum absolute atomic E-state index is 9.49. The number of hydrogen-bond acceptors (Lipinski definition) is 4. The highest BCUT2D eigenvalue weighted by Crippen LogP contribution is 2.35. The smallest absolute Gasteiger partial charge is 0.146 e. The number of pyridine rings is 1. The van der Waals surface area contributed by atoms with E-state index in [0.29, 0.717) is 27.8 Å². The second-order valence-electron chi connectivity index (χ2n) is 6.01. The average Bonchev–Trinajstić information content (AvgIpc) is 2.71. The number of fused-ring (bicyclic) bond motifs is 1. The van der Waals surface area contributed by atoms with Crippen LogP contribution in [0.15, 0.2) is 77.4 Å². The molecule has 0 saturated heterocycles. The fourth-order valence-corrected chi connectivity index (χ4v) is 3.38. The third-order valence-electron chi connectivity index (χ3n) is 4.12. The first kappa shape index (κ1) is 18.3. The summed E-state index contributed by atoms with van der Waals surface area (Å²) in [4.78, 5) is 4.36. The van der Waals surface area contributed by atoms with E-state index in [9.17, 15) is 5.26 Å². The molecule has 28 heavy (non-hydrogen) atoms. The average molecular weight is 451 g/mol. The van der Waals surface area contributed by atoms with Gasteiger partial charge in [0.2, 0.25) is 0 Å². The lowest BCUT2D eigenvalue weighted by atomic mass is 10.1. The van der Waals surface area contributed by atoms with Crippen LogP contribution in [0.3, 0.4) is 0 Å². The first-order valence-corrected chi connectivity index (χ1v) is 9.59. The summed E-state index contributed by atoms with van der Waals surface area (Å²) < 4.78 is 6.74. The quantitative estimate of drug-likeness (QED) is 0.361. The van der Waals surface area contributed by atoms with Gasteiger partial charge >= 0.3 is 0 Å². The summed E-state index contributed by atoms with van der Waals surface area (Å²) in [5, 5.41) is 14.1. The van der Waals surface area contributed by atoms with Crippen molar-refractivity contribution in [1.29, 1.82) is 5.26 Å². The molecule has 1 N–H and O–H groups in total. The van der Waals surface area contributed by atoms with E-state index < -0.39 is 0 Å². The van der Waals surface area contributed by atoms with Gasteiger partial charge in [-0.15, -0.1) is 0 Å². The number of nitriles is 1. The molecule has 0 aliphatic rings. The lowest BCUT2D eigenvalue weighted by Crippen LogP contribution is -1.97. The Hall–Kier alpha value is -3.07. The summed E-state index contributed by atoms with van der Waals surface area (Å²) in [6.07, 6.45) is 1.56. The zero-order valence-corrected chi connectivity index (χ0v) is 16.8. The lowest BCUT2D eigenvalue weighted by molar-refractivity contribution is 0.483. The van der Waals surface area contributed by atoms with Crippen LogP contribution in [0.25, 0.3) is 10.9 Å². The largest absolute Gasteiger partial charge is 0.456 e. The zero-order chi connectivity index (χ0) is 19.5. The van der Waals surface area contributed by atoms with Gasteiger partial charge in [0.1, 0.15) is 17.6 Å². The number of aromatic nitrogens is 1. The molecule has 0 radical (unpaired) electrons. The van der Waals surface area contributed by atoms with Crippen LogP contribution in [-0.4, -0.2) is 4.98 Å². The fraction of sp³-hybridized carbons (Fsp3) is 0. The van der Waals surface area contributed by atoms with E-state index in [2.05, 4.69) is 32.3 Å². The van der Waals surface area contributed by atoms with Crippen molar-refractivity contribution < 1.29 is 4.74 Å². The van der Waals surface area contributed by atoms with Gasteiger partial charge < -0.3 is 10.1 Å². The maximum atomic E-state index is 9.49. The van der Waals surface area contributed by atoms with Gasteiger partial charge in [-0.25, -0.2) is 0 Å². The Labute approximate surface area is 175 Å². The van der Waals surface area contributed by atoms with Crippen LogP contribution in [0.1, 0.15) is 5.56 Å². The molecule has 1 aromatic heterocycles. The number of halogens is 2. The van der Waals surface area contributed by atoms with Gasteiger partial charge in [-0.2, -0.15) is 5.26 Å². The summed E-state index contributed by atoms with van der Waals surface area (Å²) >= 11 is 9.86. The maximum Gasteiger partial charge on any atom is 0.146 e. The highest BCUT2D eigenvalue weighted by molar-refractivity contribution is 9.10. The van der Waals surface area contributed by atoms with E-state index in [1.165, 1.54) is 0 Å². The van der Waals surface area contributed by atoms with Gasteiger partial charge in [0.05, 0.1) is 21.8 Å². The molecule has 0 bridgehead atoms. The minimum absolute atomic E-state index is 0.454. The van der Waals surface area contributed by atoms with Crippen molar-refractivity contribution in [2.24, 2.45) is 0 Å². The van der Waals surface area contributed by atoms with E-state index in [4.69, 9.17) is 16.3 Å². The molecule has 0 amide bonds. The van der Waals surface area contributed by atoms with Crippen LogP contribution < -0.4 is 10.1 Å².